The van der Waals surface area contributed by atoms with Crippen LogP contribution in [0.4, 0.5) is 107 Å². The van der Waals surface area contributed by atoms with Crippen molar-refractivity contribution in [3.05, 3.63) is 169 Å². The van der Waals surface area contributed by atoms with E-state index in [9.17, 15) is 40.7 Å². The molecular weight excluding hydrogens is 1530 g/mol. The second-order valence-corrected chi connectivity index (χ2v) is 25.6. The van der Waals surface area contributed by atoms with Gasteiger partial charge in [0.25, 0.3) is 35.5 Å². The Balaban J connectivity index is 0.000000160. The topological polar surface area (TPSA) is 419 Å². The van der Waals surface area contributed by atoms with Gasteiger partial charge in [-0.3, -0.25) is 28.4 Å². The summed E-state index contributed by atoms with van der Waals surface area (Å²) in [5.74, 6) is -7.08. The Hall–Kier alpha value is -14.4. The summed E-state index contributed by atoms with van der Waals surface area (Å²) in [7, 11) is 9.60. The number of nitrogens with two attached hydrogens (primary N) is 1. The Morgan fingerprint density at radius 3 is 1.03 bits per heavy atom. The third-order valence-corrected chi connectivity index (χ3v) is 16.9. The molecule has 36 nitrogen and oxygen atoms in total. The molecule has 0 saturated carbocycles. The quantitative estimate of drug-likeness (QED) is 0.0285. The van der Waals surface area contributed by atoms with Crippen LogP contribution in [-0.2, 0) is 21.1 Å². The van der Waals surface area contributed by atoms with Crippen LogP contribution in [0.15, 0.2) is 147 Å². The van der Waals surface area contributed by atoms with Gasteiger partial charge in [0.2, 0.25) is 0 Å². The van der Waals surface area contributed by atoms with E-state index in [1.54, 1.807) is 128 Å². The largest absolute Gasteiger partial charge is 0.494 e. The minimum absolute atomic E-state index is 0.0134. The molecule has 0 spiro atoms. The van der Waals surface area contributed by atoms with Crippen molar-refractivity contribution >= 4 is 110 Å². The molecule has 12 aromatic rings. The van der Waals surface area contributed by atoms with E-state index in [-0.39, 0.29) is 90.2 Å². The number of hydrogen-bond acceptors (Lipinski definition) is 30. The number of benzene rings is 3. The molecule has 3 aliphatic rings. The fourth-order valence-corrected chi connectivity index (χ4v) is 11.5. The molecule has 115 heavy (non-hydrogen) atoms. The van der Waals surface area contributed by atoms with E-state index in [0.29, 0.717) is 103 Å². The molecule has 3 aromatic carbocycles. The second kappa shape index (κ2) is 34.5. The summed E-state index contributed by atoms with van der Waals surface area (Å²) in [6, 6.07) is 29.5. The van der Waals surface area contributed by atoms with Gasteiger partial charge in [0.15, 0.2) is 68.6 Å². The smallest absolute Gasteiger partial charge is 0.282 e. The van der Waals surface area contributed by atoms with Crippen LogP contribution < -0.4 is 77.2 Å². The fraction of sp³-hybridized carbons (Fsp3) is 0.250. The highest BCUT2D eigenvalue weighted by atomic mass is 35.5. The number of halogens is 7. The van der Waals surface area contributed by atoms with Gasteiger partial charge in [0.1, 0.15) is 36.4 Å². The fourth-order valence-electron chi connectivity index (χ4n) is 11.4. The Bertz CT molecular complexity index is 5590. The van der Waals surface area contributed by atoms with Gasteiger partial charge in [-0.05, 0) is 72.8 Å². The van der Waals surface area contributed by atoms with Crippen LogP contribution in [-0.4, -0.2) is 207 Å². The van der Waals surface area contributed by atoms with Gasteiger partial charge >= 0.3 is 0 Å². The number of amides is 3. The predicted octanol–water partition coefficient (Wildman–Crippen LogP) is 9.11. The van der Waals surface area contributed by atoms with Gasteiger partial charge in [-0.2, -0.15) is 15.3 Å². The van der Waals surface area contributed by atoms with Crippen molar-refractivity contribution in [2.45, 2.75) is 17.8 Å². The highest BCUT2D eigenvalue weighted by molar-refractivity contribution is 6.29. The number of carbonyl (C=O) groups is 3. The molecule has 0 unspecified atom stereocenters. The molecule has 0 bridgehead atoms. The zero-order valence-electron chi connectivity index (χ0n) is 70.2. The van der Waals surface area contributed by atoms with Gasteiger partial charge in [0.05, 0.1) is 147 Å². The SMILES string of the molecule is Nc1ccc(N2CC(F)(F)C2)cn1.[2H]C([2H])([2H])NC(=O)c1nnc(Cl)cc1Nc1cccc(-c2ncn(C)n2)c1OC.[2H]C([2H])([2H])NC(=O)c1nnc(Nc2ccc(N3CC(F)(F)C3)cn2)cc1Nc1cccc(-c2ncn(C)n2)c1OC.[2H]C([2H])([2H])NC(=O)c1nnc(Nc2ccc(N3CC(F)(F)C3)cn2)cc1Nc1cccc(-c2ncn(C)n2)c1OC. The van der Waals surface area contributed by atoms with Crippen LogP contribution in [0.1, 0.15) is 43.8 Å². The number of nitrogens with one attached hydrogen (secondary N) is 8. The number of rotatable bonds is 22. The van der Waals surface area contributed by atoms with E-state index in [2.05, 4.69) is 102 Å². The summed E-state index contributed by atoms with van der Waals surface area (Å²) in [4.78, 5) is 67.5. The van der Waals surface area contributed by atoms with Crippen LogP contribution in [0.25, 0.3) is 34.2 Å². The first-order valence-electron chi connectivity index (χ1n) is 38.3. The highest BCUT2D eigenvalue weighted by Gasteiger charge is 2.46. The Morgan fingerprint density at radius 2 is 0.748 bits per heavy atom. The highest BCUT2D eigenvalue weighted by Crippen LogP contribution is 2.42. The molecule has 10 N–H and O–H groups in total. The molecule has 0 radical (unpaired) electrons. The predicted molar refractivity (Wildman–Crippen MR) is 415 cm³/mol. The molecule has 3 saturated heterocycles. The number of ether oxygens (including phenoxy) is 3. The molecule has 15 rings (SSSR count). The van der Waals surface area contributed by atoms with Crippen LogP contribution in [0.3, 0.4) is 0 Å². The summed E-state index contributed by atoms with van der Waals surface area (Å²) in [6.45, 7) is -10.1. The van der Waals surface area contributed by atoms with Gasteiger partial charge in [-0.1, -0.05) is 29.8 Å². The van der Waals surface area contributed by atoms with Gasteiger partial charge in [-0.15, -0.1) is 30.6 Å². The van der Waals surface area contributed by atoms with Gasteiger partial charge < -0.3 is 77.2 Å². The molecule has 3 amide bonds. The maximum atomic E-state index is 13.2. The van der Waals surface area contributed by atoms with E-state index >= 15 is 0 Å². The molecule has 3 fully saturated rings. The first kappa shape index (κ1) is 68.7. The van der Waals surface area contributed by atoms with Crippen LogP contribution >= 0.6 is 11.6 Å². The zero-order valence-corrected chi connectivity index (χ0v) is 61.9. The zero-order chi connectivity index (χ0) is 89.4. The first-order valence-corrected chi connectivity index (χ1v) is 34.2. The molecule has 43 heteroatoms. The van der Waals surface area contributed by atoms with Crippen molar-refractivity contribution in [1.29, 1.82) is 0 Å². The summed E-state index contributed by atoms with van der Waals surface area (Å²) >= 11 is 5.91. The maximum absolute atomic E-state index is 13.2. The van der Waals surface area contributed by atoms with E-state index in [1.807, 2.05) is 16.0 Å². The molecular formula is C72H73ClF6N30O6. The number of aromatic nitrogens is 18. The molecule has 596 valence electrons. The summed E-state index contributed by atoms with van der Waals surface area (Å²) < 4.78 is 165. The Labute approximate surface area is 668 Å². The molecule has 9 aromatic heterocycles. The molecule has 0 aliphatic carbocycles. The number of aryl methyl sites for hydroxylation is 3. The van der Waals surface area contributed by atoms with E-state index in [1.165, 1.54) is 89.9 Å². The van der Waals surface area contributed by atoms with Crippen molar-refractivity contribution in [3.8, 4) is 51.4 Å². The number of nitrogen functional groups attached to an aromatic ring is 1. The minimum atomic E-state index is -2.76. The third-order valence-electron chi connectivity index (χ3n) is 16.7. The third kappa shape index (κ3) is 19.3. The maximum Gasteiger partial charge on any atom is 0.282 e. The van der Waals surface area contributed by atoms with Crippen molar-refractivity contribution in [3.63, 3.8) is 0 Å². The number of pyridine rings is 3. The summed E-state index contributed by atoms with van der Waals surface area (Å²) in [5.41, 5.74) is 9.70. The first-order chi connectivity index (χ1) is 58.5. The van der Waals surface area contributed by atoms with Gasteiger partial charge in [-0.25, -0.2) is 56.2 Å². The lowest BCUT2D eigenvalue weighted by Crippen LogP contribution is -2.56. The van der Waals surface area contributed by atoms with Crippen LogP contribution in [0.2, 0.25) is 5.15 Å². The van der Waals surface area contributed by atoms with E-state index in [4.69, 9.17) is 43.9 Å². The molecule has 3 aliphatic heterocycles. The number of alkyl halides is 6. The van der Waals surface area contributed by atoms with E-state index in [0.717, 1.165) is 0 Å². The number of carbonyl (C=O) groups excluding carboxylic acids is 3. The number of nitrogens with zero attached hydrogens (tertiary/aromatic N) is 21. The monoisotopic (exact) mass is 1610 g/mol. The lowest BCUT2D eigenvalue weighted by molar-refractivity contribution is -0.0269. The second-order valence-electron chi connectivity index (χ2n) is 25.2. The normalized spacial score (nSPS) is 15.3. The number of anilines is 14. The Kier molecular flexibility index (Phi) is 20.6. The van der Waals surface area contributed by atoms with E-state index < -0.39 is 56.4 Å². The Morgan fingerprint density at radius 1 is 0.417 bits per heavy atom. The lowest BCUT2D eigenvalue weighted by Gasteiger charge is -2.40. The minimum Gasteiger partial charge on any atom is -0.494 e. The average Bonchev–Trinajstić information content (AvgIpc) is 1.05. The molecule has 12 heterocycles. The number of methoxy groups -OCH3 is 3. The van der Waals surface area contributed by atoms with Gasteiger partial charge in [0, 0.05) is 72.6 Å². The standard InChI is InChI=1S/2C24H24F2N10O2.C16H16ClN7O2.C8H9F2N3/c2*1-27-23(37)20-17(30-16-6-4-5-15(21(16)38-3)22-29-13-35(2)34-22)9-19(32-33-20)31-18-8-7-14(10-28-18)36-11-24(25,26)12-36;1-18-16(25)13-11(7-12(17)21-22-13)20-10-6-4-5-9(14(10)26-3)15-19-8-24(2)23-15;9-8(10)4-13(5-8)6-1-2-7(11)12-3-6/h2*4-10,13H,11-12H2,1-3H3,(H,27,37)(H2,28,30,31,32);4-8H,1-3H3,(H,18,25)(H,20,21);1-3H,4-5H2,(H2,11,12)/i3*1D3;. The molecule has 0 atom stereocenters. The summed E-state index contributed by atoms with van der Waals surface area (Å²) in [5, 5.41) is 56.9. The van der Waals surface area contributed by atoms with Crippen LogP contribution in [0, 0.1) is 0 Å². The van der Waals surface area contributed by atoms with Crippen LogP contribution in [0.5, 0.6) is 17.2 Å². The van der Waals surface area contributed by atoms with Crippen molar-refractivity contribution < 1.29 is 67.3 Å². The number of hydrogen-bond donors (Lipinski definition) is 9. The van der Waals surface area contributed by atoms with Crippen molar-refractivity contribution in [1.82, 2.24) is 106 Å². The van der Waals surface area contributed by atoms with Crippen molar-refractivity contribution in [2.24, 2.45) is 21.1 Å². The average molecular weight is 1610 g/mol. The number of para-hydroxylation sites is 3. The lowest BCUT2D eigenvalue weighted by atomic mass is 10.1. The van der Waals surface area contributed by atoms with Crippen molar-refractivity contribution in [2.75, 3.05) is 129 Å². The summed E-state index contributed by atoms with van der Waals surface area (Å²) in [6.07, 6.45) is 9.03.